The number of aliphatic imine (C=N–C) groups is 1. The van der Waals surface area contributed by atoms with Crippen molar-refractivity contribution in [3.63, 3.8) is 0 Å². The van der Waals surface area contributed by atoms with Crippen molar-refractivity contribution >= 4 is 48.8 Å². The third-order valence-corrected chi connectivity index (χ3v) is 3.95. The molecule has 0 amide bonds. The number of hydrogen-bond acceptors (Lipinski definition) is 3. The average molecular weight is 317 g/mol. The molecule has 4 heteroatoms. The number of hydrogen-bond donors (Lipinski definition) is 0. The van der Waals surface area contributed by atoms with Crippen LogP contribution in [0.1, 0.15) is 5.56 Å². The maximum Gasteiger partial charge on any atom is 0.210 e. The second kappa shape index (κ2) is 5.00. The normalized spacial score (nSPS) is 11.4. The topological polar surface area (TPSA) is 25.2 Å². The highest BCUT2D eigenvalue weighted by Crippen LogP contribution is 2.27. The zero-order valence-corrected chi connectivity index (χ0v) is 11.8. The number of nitrogens with zero attached hydrogens (tertiary/aromatic N) is 2. The minimum absolute atomic E-state index is 0.791. The minimum Gasteiger partial charge on any atom is -0.227 e. The summed E-state index contributed by atoms with van der Waals surface area (Å²) in [6.45, 7) is 0. The van der Waals surface area contributed by atoms with Gasteiger partial charge in [0.2, 0.25) is 5.13 Å². The fourth-order valence-electron chi connectivity index (χ4n) is 1.59. The van der Waals surface area contributed by atoms with Gasteiger partial charge in [-0.15, -0.1) is 0 Å². The molecule has 2 aromatic carbocycles. The Hall–Kier alpha value is -1.52. The van der Waals surface area contributed by atoms with Gasteiger partial charge in [-0.3, -0.25) is 0 Å². The summed E-state index contributed by atoms with van der Waals surface area (Å²) >= 11 is 5.01. The van der Waals surface area contributed by atoms with E-state index in [1.165, 1.54) is 4.70 Å². The zero-order valence-electron chi connectivity index (χ0n) is 9.38. The maximum atomic E-state index is 4.46. The molecule has 1 aromatic heterocycles. The van der Waals surface area contributed by atoms with Crippen LogP contribution in [0.15, 0.2) is 58.0 Å². The lowest BCUT2D eigenvalue weighted by Crippen LogP contribution is -1.78. The fraction of sp³-hybridized carbons (Fsp3) is 0. The SMILES string of the molecule is Brc1ccc(C=Nc2nc3ccccc3s2)cc1. The largest absolute Gasteiger partial charge is 0.227 e. The predicted molar refractivity (Wildman–Crippen MR) is 81.0 cm³/mol. The Labute approximate surface area is 117 Å². The minimum atomic E-state index is 0.791. The lowest BCUT2D eigenvalue weighted by atomic mass is 10.2. The smallest absolute Gasteiger partial charge is 0.210 e. The zero-order chi connectivity index (χ0) is 12.4. The Morgan fingerprint density at radius 1 is 1.06 bits per heavy atom. The number of thiazole rings is 1. The van der Waals surface area contributed by atoms with Gasteiger partial charge in [-0.05, 0) is 29.8 Å². The molecule has 0 saturated heterocycles. The van der Waals surface area contributed by atoms with Gasteiger partial charge < -0.3 is 0 Å². The molecule has 0 fully saturated rings. The van der Waals surface area contributed by atoms with Gasteiger partial charge in [0.05, 0.1) is 10.2 Å². The van der Waals surface area contributed by atoms with Crippen molar-refractivity contribution in [3.8, 4) is 0 Å². The van der Waals surface area contributed by atoms with Crippen LogP contribution in [0, 0.1) is 0 Å². The highest BCUT2D eigenvalue weighted by Gasteiger charge is 2.00. The fourth-order valence-corrected chi connectivity index (χ4v) is 2.67. The van der Waals surface area contributed by atoms with Gasteiger partial charge in [0, 0.05) is 10.7 Å². The van der Waals surface area contributed by atoms with Crippen molar-refractivity contribution in [2.75, 3.05) is 0 Å². The molecule has 0 atom stereocenters. The van der Waals surface area contributed by atoms with Crippen LogP contribution in [0.4, 0.5) is 5.13 Å². The van der Waals surface area contributed by atoms with Crippen LogP contribution in [0.2, 0.25) is 0 Å². The summed E-state index contributed by atoms with van der Waals surface area (Å²) in [5.74, 6) is 0. The first-order chi connectivity index (χ1) is 8.81. The van der Waals surface area contributed by atoms with Crippen molar-refractivity contribution in [2.24, 2.45) is 4.99 Å². The van der Waals surface area contributed by atoms with E-state index in [4.69, 9.17) is 0 Å². The second-order valence-corrected chi connectivity index (χ2v) is 5.70. The maximum absolute atomic E-state index is 4.46. The van der Waals surface area contributed by atoms with Crippen LogP contribution in [-0.2, 0) is 0 Å². The van der Waals surface area contributed by atoms with Gasteiger partial charge in [0.25, 0.3) is 0 Å². The average Bonchev–Trinajstić information content (AvgIpc) is 2.81. The lowest BCUT2D eigenvalue weighted by Gasteiger charge is -1.91. The Morgan fingerprint density at radius 2 is 1.83 bits per heavy atom. The lowest BCUT2D eigenvalue weighted by molar-refractivity contribution is 1.41. The number of aromatic nitrogens is 1. The van der Waals surface area contributed by atoms with E-state index in [1.807, 2.05) is 48.7 Å². The van der Waals surface area contributed by atoms with Crippen LogP contribution in [0.3, 0.4) is 0 Å². The predicted octanol–water partition coefficient (Wildman–Crippen LogP) is 4.81. The monoisotopic (exact) mass is 316 g/mol. The Bertz CT molecular complexity index is 668. The summed E-state index contributed by atoms with van der Waals surface area (Å²) in [6, 6.07) is 16.1. The van der Waals surface area contributed by atoms with E-state index < -0.39 is 0 Å². The molecular formula is C14H9BrN2S. The summed E-state index contributed by atoms with van der Waals surface area (Å²) in [5, 5.41) is 0.791. The first kappa shape index (κ1) is 11.6. The second-order valence-electron chi connectivity index (χ2n) is 3.77. The Kier molecular flexibility index (Phi) is 3.21. The molecule has 0 aliphatic heterocycles. The van der Waals surface area contributed by atoms with Gasteiger partial charge in [-0.1, -0.05) is 51.5 Å². The van der Waals surface area contributed by atoms with E-state index in [9.17, 15) is 0 Å². The molecule has 0 radical (unpaired) electrons. The number of fused-ring (bicyclic) bond motifs is 1. The summed E-state index contributed by atoms with van der Waals surface area (Å²) in [7, 11) is 0. The third-order valence-electron chi connectivity index (χ3n) is 2.48. The molecule has 1 heterocycles. The first-order valence-corrected chi connectivity index (χ1v) is 7.07. The highest BCUT2D eigenvalue weighted by atomic mass is 79.9. The summed E-state index contributed by atoms with van der Waals surface area (Å²) in [4.78, 5) is 8.87. The summed E-state index contributed by atoms with van der Waals surface area (Å²) < 4.78 is 2.24. The summed E-state index contributed by atoms with van der Waals surface area (Å²) in [5.41, 5.74) is 2.07. The molecule has 0 aliphatic rings. The molecular weight excluding hydrogens is 308 g/mol. The van der Waals surface area contributed by atoms with E-state index in [2.05, 4.69) is 32.0 Å². The van der Waals surface area contributed by atoms with Crippen LogP contribution < -0.4 is 0 Å². The molecule has 18 heavy (non-hydrogen) atoms. The van der Waals surface area contributed by atoms with Gasteiger partial charge in [0.1, 0.15) is 0 Å². The van der Waals surface area contributed by atoms with E-state index in [-0.39, 0.29) is 0 Å². The molecule has 3 rings (SSSR count). The van der Waals surface area contributed by atoms with E-state index in [0.29, 0.717) is 0 Å². The van der Waals surface area contributed by atoms with E-state index in [0.717, 1.165) is 20.7 Å². The number of benzene rings is 2. The van der Waals surface area contributed by atoms with Gasteiger partial charge in [-0.2, -0.15) is 0 Å². The highest BCUT2D eigenvalue weighted by molar-refractivity contribution is 9.10. The molecule has 2 nitrogen and oxygen atoms in total. The van der Waals surface area contributed by atoms with Crippen LogP contribution in [0.25, 0.3) is 10.2 Å². The number of para-hydroxylation sites is 1. The third kappa shape index (κ3) is 2.49. The van der Waals surface area contributed by atoms with E-state index >= 15 is 0 Å². The van der Waals surface area contributed by atoms with E-state index in [1.54, 1.807) is 11.3 Å². The van der Waals surface area contributed by atoms with Gasteiger partial charge in [0.15, 0.2) is 0 Å². The van der Waals surface area contributed by atoms with Gasteiger partial charge >= 0.3 is 0 Å². The molecule has 0 aliphatic carbocycles. The molecule has 3 aromatic rings. The van der Waals surface area contributed by atoms with Crippen molar-refractivity contribution in [1.29, 1.82) is 0 Å². The standard InChI is InChI=1S/C14H9BrN2S/c15-11-7-5-10(6-8-11)9-16-14-17-12-3-1-2-4-13(12)18-14/h1-9H. The van der Waals surface area contributed by atoms with Crippen molar-refractivity contribution in [1.82, 2.24) is 4.98 Å². The first-order valence-electron chi connectivity index (χ1n) is 5.46. The van der Waals surface area contributed by atoms with Crippen LogP contribution >= 0.6 is 27.3 Å². The summed E-state index contributed by atoms with van der Waals surface area (Å²) in [6.07, 6.45) is 1.84. The Morgan fingerprint density at radius 3 is 2.61 bits per heavy atom. The molecule has 0 spiro atoms. The van der Waals surface area contributed by atoms with Crippen LogP contribution in [-0.4, -0.2) is 11.2 Å². The molecule has 88 valence electrons. The van der Waals surface area contributed by atoms with Crippen molar-refractivity contribution in [3.05, 3.63) is 58.6 Å². The molecule has 0 saturated carbocycles. The molecule has 0 unspecified atom stereocenters. The molecule has 0 bridgehead atoms. The number of rotatable bonds is 2. The van der Waals surface area contributed by atoms with Gasteiger partial charge in [-0.25, -0.2) is 9.98 Å². The van der Waals surface area contributed by atoms with Crippen molar-refractivity contribution in [2.45, 2.75) is 0 Å². The quantitative estimate of drug-likeness (QED) is 0.623. The van der Waals surface area contributed by atoms with Crippen LogP contribution in [0.5, 0.6) is 0 Å². The van der Waals surface area contributed by atoms with Crippen molar-refractivity contribution < 1.29 is 0 Å². The Balaban J connectivity index is 1.89. The molecule has 0 N–H and O–H groups in total. The number of halogens is 1.